The standard InChI is InChI=1S/C19H18FN3O3/c20-14-5-1-13(2-6-14)10-22-18(25)17-11-26-19(23-17)16(21)9-12-3-7-15(24)8-4-12/h1-8,11,16,24H,9-10,21H2,(H,22,25). The number of phenolic OH excluding ortho intramolecular Hbond substituents is 1. The van der Waals surface area contributed by atoms with E-state index in [0.29, 0.717) is 6.42 Å². The number of hydrogen-bond donors (Lipinski definition) is 3. The van der Waals surface area contributed by atoms with Crippen molar-refractivity contribution < 1.29 is 18.7 Å². The van der Waals surface area contributed by atoms with Crippen molar-refractivity contribution in [3.8, 4) is 5.75 Å². The summed E-state index contributed by atoms with van der Waals surface area (Å²) in [5, 5.41) is 12.0. The highest BCUT2D eigenvalue weighted by Gasteiger charge is 2.17. The van der Waals surface area contributed by atoms with Gasteiger partial charge in [0.2, 0.25) is 5.89 Å². The second-order valence-electron chi connectivity index (χ2n) is 5.86. The molecular formula is C19H18FN3O3. The van der Waals surface area contributed by atoms with Gasteiger partial charge in [0.1, 0.15) is 17.8 Å². The van der Waals surface area contributed by atoms with Gasteiger partial charge in [-0.25, -0.2) is 9.37 Å². The van der Waals surface area contributed by atoms with Crippen LogP contribution < -0.4 is 11.1 Å². The summed E-state index contributed by atoms with van der Waals surface area (Å²) in [4.78, 5) is 16.3. The molecule has 134 valence electrons. The van der Waals surface area contributed by atoms with Crippen molar-refractivity contribution in [2.45, 2.75) is 19.0 Å². The zero-order chi connectivity index (χ0) is 18.5. The summed E-state index contributed by atoms with van der Waals surface area (Å²) in [6, 6.07) is 12.0. The van der Waals surface area contributed by atoms with Gasteiger partial charge in [-0.3, -0.25) is 4.79 Å². The van der Waals surface area contributed by atoms with Crippen molar-refractivity contribution in [2.24, 2.45) is 5.73 Å². The SMILES string of the molecule is NC(Cc1ccc(O)cc1)c1nc(C(=O)NCc2ccc(F)cc2)co1. The van der Waals surface area contributed by atoms with Gasteiger partial charge in [0.15, 0.2) is 5.69 Å². The van der Waals surface area contributed by atoms with Gasteiger partial charge in [-0.15, -0.1) is 0 Å². The highest BCUT2D eigenvalue weighted by Crippen LogP contribution is 2.18. The maximum absolute atomic E-state index is 12.9. The number of amides is 1. The average molecular weight is 355 g/mol. The van der Waals surface area contributed by atoms with Gasteiger partial charge >= 0.3 is 0 Å². The molecule has 7 heteroatoms. The van der Waals surface area contributed by atoms with Gasteiger partial charge in [-0.2, -0.15) is 0 Å². The molecule has 2 aromatic carbocycles. The number of nitrogens with two attached hydrogens (primary N) is 1. The fourth-order valence-corrected chi connectivity index (χ4v) is 2.41. The van der Waals surface area contributed by atoms with Gasteiger partial charge in [0.05, 0.1) is 6.04 Å². The molecule has 1 atom stereocenters. The van der Waals surface area contributed by atoms with Crippen LogP contribution in [-0.2, 0) is 13.0 Å². The maximum Gasteiger partial charge on any atom is 0.273 e. The lowest BCUT2D eigenvalue weighted by Crippen LogP contribution is -2.23. The zero-order valence-corrected chi connectivity index (χ0v) is 13.9. The van der Waals surface area contributed by atoms with Gasteiger partial charge < -0.3 is 20.6 Å². The summed E-state index contributed by atoms with van der Waals surface area (Å²) in [6.07, 6.45) is 1.71. The first-order valence-electron chi connectivity index (χ1n) is 8.03. The van der Waals surface area contributed by atoms with Crippen LogP contribution in [0, 0.1) is 5.82 Å². The first-order chi connectivity index (χ1) is 12.5. The van der Waals surface area contributed by atoms with E-state index in [1.807, 2.05) is 0 Å². The summed E-state index contributed by atoms with van der Waals surface area (Å²) in [6.45, 7) is 0.251. The summed E-state index contributed by atoms with van der Waals surface area (Å²) < 4.78 is 18.2. The normalized spacial score (nSPS) is 11.9. The third kappa shape index (κ3) is 4.46. The van der Waals surface area contributed by atoms with Gasteiger partial charge in [0, 0.05) is 6.54 Å². The zero-order valence-electron chi connectivity index (χ0n) is 13.9. The van der Waals surface area contributed by atoms with E-state index in [4.69, 9.17) is 10.2 Å². The first-order valence-corrected chi connectivity index (χ1v) is 8.03. The number of aromatic hydroxyl groups is 1. The van der Waals surface area contributed by atoms with Gasteiger partial charge in [0.25, 0.3) is 5.91 Å². The molecule has 0 aliphatic carbocycles. The van der Waals surface area contributed by atoms with Crippen LogP contribution in [0.4, 0.5) is 4.39 Å². The Morgan fingerprint density at radius 2 is 1.81 bits per heavy atom. The number of rotatable bonds is 6. The number of hydrogen-bond acceptors (Lipinski definition) is 5. The van der Waals surface area contributed by atoms with E-state index >= 15 is 0 Å². The molecule has 0 bridgehead atoms. The Labute approximate surface area is 149 Å². The van der Waals surface area contributed by atoms with Crippen LogP contribution in [0.1, 0.15) is 33.5 Å². The minimum absolute atomic E-state index is 0.128. The van der Waals surface area contributed by atoms with Crippen molar-refractivity contribution in [1.82, 2.24) is 10.3 Å². The van der Waals surface area contributed by atoms with Crippen LogP contribution in [0.15, 0.2) is 59.2 Å². The Morgan fingerprint density at radius 3 is 2.50 bits per heavy atom. The molecule has 0 saturated carbocycles. The smallest absolute Gasteiger partial charge is 0.273 e. The Kier molecular flexibility index (Phi) is 5.28. The Bertz CT molecular complexity index is 876. The summed E-state index contributed by atoms with van der Waals surface area (Å²) >= 11 is 0. The van der Waals surface area contributed by atoms with Crippen molar-refractivity contribution in [2.75, 3.05) is 0 Å². The number of nitrogens with one attached hydrogen (secondary N) is 1. The lowest BCUT2D eigenvalue weighted by atomic mass is 10.1. The maximum atomic E-state index is 12.9. The van der Waals surface area contributed by atoms with Crippen LogP contribution in [0.25, 0.3) is 0 Å². The number of carbonyl (C=O) groups excluding carboxylic acids is 1. The molecule has 1 aromatic heterocycles. The highest BCUT2D eigenvalue weighted by atomic mass is 19.1. The first kappa shape index (κ1) is 17.6. The quantitative estimate of drug-likeness (QED) is 0.631. The minimum Gasteiger partial charge on any atom is -0.508 e. The molecule has 1 amide bonds. The Morgan fingerprint density at radius 1 is 1.15 bits per heavy atom. The average Bonchev–Trinajstić information content (AvgIpc) is 3.13. The van der Waals surface area contributed by atoms with Gasteiger partial charge in [-0.05, 0) is 41.8 Å². The summed E-state index contributed by atoms with van der Waals surface area (Å²) in [5.41, 5.74) is 7.88. The van der Waals surface area contributed by atoms with E-state index in [1.165, 1.54) is 18.4 Å². The number of aromatic nitrogens is 1. The van der Waals surface area contributed by atoms with Crippen molar-refractivity contribution in [1.29, 1.82) is 0 Å². The van der Waals surface area contributed by atoms with E-state index in [9.17, 15) is 14.3 Å². The monoisotopic (exact) mass is 355 g/mol. The summed E-state index contributed by atoms with van der Waals surface area (Å²) in [7, 11) is 0. The molecule has 1 unspecified atom stereocenters. The van der Waals surface area contributed by atoms with E-state index in [0.717, 1.165) is 11.1 Å². The number of nitrogens with zero attached hydrogens (tertiary/aromatic N) is 1. The van der Waals surface area contributed by atoms with E-state index < -0.39 is 11.9 Å². The molecule has 0 aliphatic rings. The second kappa shape index (κ2) is 7.79. The largest absolute Gasteiger partial charge is 0.508 e. The van der Waals surface area contributed by atoms with E-state index in [2.05, 4.69) is 10.3 Å². The molecule has 0 fully saturated rings. The van der Waals surface area contributed by atoms with Crippen molar-refractivity contribution >= 4 is 5.91 Å². The third-order valence-corrected chi connectivity index (χ3v) is 3.83. The number of halogens is 1. The van der Waals surface area contributed by atoms with Crippen molar-refractivity contribution in [3.63, 3.8) is 0 Å². The number of phenols is 1. The van der Waals surface area contributed by atoms with E-state index in [1.54, 1.807) is 36.4 Å². The molecule has 0 saturated heterocycles. The van der Waals surface area contributed by atoms with Crippen LogP contribution in [0.2, 0.25) is 0 Å². The third-order valence-electron chi connectivity index (χ3n) is 3.83. The predicted octanol–water partition coefficient (Wildman–Crippen LogP) is 2.69. The van der Waals surface area contributed by atoms with E-state index in [-0.39, 0.29) is 29.7 Å². The number of carbonyl (C=O) groups is 1. The number of benzene rings is 2. The molecule has 26 heavy (non-hydrogen) atoms. The molecule has 0 aliphatic heterocycles. The number of oxazole rings is 1. The fourth-order valence-electron chi connectivity index (χ4n) is 2.41. The summed E-state index contributed by atoms with van der Waals surface area (Å²) in [5.74, 6) is -0.298. The second-order valence-corrected chi connectivity index (χ2v) is 5.86. The van der Waals surface area contributed by atoms with Crippen LogP contribution >= 0.6 is 0 Å². The molecular weight excluding hydrogens is 337 g/mol. The Balaban J connectivity index is 1.58. The lowest BCUT2D eigenvalue weighted by Gasteiger charge is -2.07. The molecule has 1 heterocycles. The Hall–Kier alpha value is -3.19. The van der Waals surface area contributed by atoms with Crippen molar-refractivity contribution in [3.05, 3.63) is 83.3 Å². The molecule has 6 nitrogen and oxygen atoms in total. The molecule has 0 radical (unpaired) electrons. The molecule has 3 rings (SSSR count). The lowest BCUT2D eigenvalue weighted by molar-refractivity contribution is 0.0946. The predicted molar refractivity (Wildman–Crippen MR) is 92.8 cm³/mol. The van der Waals surface area contributed by atoms with Crippen LogP contribution in [0.3, 0.4) is 0 Å². The fraction of sp³-hybridized carbons (Fsp3) is 0.158. The topological polar surface area (TPSA) is 101 Å². The van der Waals surface area contributed by atoms with Crippen LogP contribution in [0.5, 0.6) is 5.75 Å². The van der Waals surface area contributed by atoms with Crippen LogP contribution in [-0.4, -0.2) is 16.0 Å². The molecule has 0 spiro atoms. The van der Waals surface area contributed by atoms with Gasteiger partial charge in [-0.1, -0.05) is 24.3 Å². The highest BCUT2D eigenvalue weighted by molar-refractivity contribution is 5.91. The molecule has 3 aromatic rings. The minimum atomic E-state index is -0.516. The molecule has 4 N–H and O–H groups in total.